The second-order valence-corrected chi connectivity index (χ2v) is 3.77. The summed E-state index contributed by atoms with van der Waals surface area (Å²) in [5.41, 5.74) is 1.01. The number of methoxy groups -OCH3 is 2. The molecular formula is C11H10BrNO3. The largest absolute Gasteiger partial charge is 0.496 e. The van der Waals surface area contributed by atoms with Gasteiger partial charge in [-0.3, -0.25) is 4.79 Å². The molecule has 0 saturated carbocycles. The van der Waals surface area contributed by atoms with Crippen molar-refractivity contribution in [3.05, 3.63) is 27.7 Å². The summed E-state index contributed by atoms with van der Waals surface area (Å²) < 4.78 is 10.2. The van der Waals surface area contributed by atoms with E-state index in [4.69, 9.17) is 10.00 Å². The van der Waals surface area contributed by atoms with Crippen molar-refractivity contribution in [2.75, 3.05) is 14.2 Å². The van der Waals surface area contributed by atoms with E-state index in [1.807, 2.05) is 6.07 Å². The molecule has 0 aliphatic rings. The molecule has 0 saturated heterocycles. The summed E-state index contributed by atoms with van der Waals surface area (Å²) >= 11 is 3.26. The van der Waals surface area contributed by atoms with Crippen LogP contribution in [0.25, 0.3) is 0 Å². The summed E-state index contributed by atoms with van der Waals surface area (Å²) in [6, 6.07) is 5.41. The van der Waals surface area contributed by atoms with Gasteiger partial charge in [0.2, 0.25) is 0 Å². The average Bonchev–Trinajstić information content (AvgIpc) is 2.29. The number of carbonyl (C=O) groups excluding carboxylic acids is 1. The number of ether oxygens (including phenoxy) is 2. The Kier molecular flexibility index (Phi) is 4.32. The molecule has 1 aromatic rings. The lowest BCUT2D eigenvalue weighted by molar-refractivity contribution is -0.139. The van der Waals surface area contributed by atoms with Crippen molar-refractivity contribution in [3.63, 3.8) is 0 Å². The van der Waals surface area contributed by atoms with Gasteiger partial charge in [0.15, 0.2) is 0 Å². The molecule has 4 nitrogen and oxygen atoms in total. The maximum atomic E-state index is 11.1. The molecule has 0 spiro atoms. The van der Waals surface area contributed by atoms with Gasteiger partial charge in [-0.25, -0.2) is 0 Å². The Morgan fingerprint density at radius 1 is 1.50 bits per heavy atom. The molecule has 0 aliphatic carbocycles. The summed E-state index contributed by atoms with van der Waals surface area (Å²) in [5, 5.41) is 9.02. The highest BCUT2D eigenvalue weighted by molar-refractivity contribution is 9.10. The Bertz CT molecular complexity index is 451. The maximum Gasteiger partial charge on any atom is 0.310 e. The van der Waals surface area contributed by atoms with Crippen LogP contribution in [0.2, 0.25) is 0 Å². The number of carbonyl (C=O) groups is 1. The molecule has 0 aliphatic heterocycles. The molecule has 0 heterocycles. The number of nitriles is 1. The van der Waals surface area contributed by atoms with E-state index in [9.17, 15) is 4.79 Å². The molecule has 5 heteroatoms. The Morgan fingerprint density at radius 3 is 2.69 bits per heavy atom. The molecule has 0 N–H and O–H groups in total. The van der Waals surface area contributed by atoms with Crippen LogP contribution >= 0.6 is 15.9 Å². The van der Waals surface area contributed by atoms with E-state index in [1.54, 1.807) is 12.1 Å². The van der Waals surface area contributed by atoms with E-state index in [1.165, 1.54) is 14.2 Å². The Labute approximate surface area is 102 Å². The normalized spacial score (nSPS) is 9.38. The minimum absolute atomic E-state index is 0.0714. The van der Waals surface area contributed by atoms with Gasteiger partial charge in [0.05, 0.1) is 30.7 Å². The van der Waals surface area contributed by atoms with E-state index in [0.717, 1.165) is 0 Å². The second kappa shape index (κ2) is 5.52. The molecule has 84 valence electrons. The zero-order chi connectivity index (χ0) is 12.1. The van der Waals surface area contributed by atoms with Crippen LogP contribution in [0.15, 0.2) is 16.6 Å². The zero-order valence-corrected chi connectivity index (χ0v) is 10.5. The van der Waals surface area contributed by atoms with Crippen LogP contribution in [0.4, 0.5) is 0 Å². The molecule has 0 aromatic heterocycles. The standard InChI is InChI=1S/C11H10BrNO3/c1-15-9-4-3-7(5-10(14)16-2)8(6-13)11(9)12/h3-4H,5H2,1-2H3. The minimum Gasteiger partial charge on any atom is -0.496 e. The number of nitrogens with zero attached hydrogens (tertiary/aromatic N) is 1. The summed E-state index contributed by atoms with van der Waals surface area (Å²) in [4.78, 5) is 11.1. The van der Waals surface area contributed by atoms with Crippen LogP contribution < -0.4 is 4.74 Å². The van der Waals surface area contributed by atoms with E-state index in [0.29, 0.717) is 21.3 Å². The number of esters is 1. The molecule has 1 rings (SSSR count). The lowest BCUT2D eigenvalue weighted by Crippen LogP contribution is -2.06. The van der Waals surface area contributed by atoms with Gasteiger partial charge in [0, 0.05) is 0 Å². The van der Waals surface area contributed by atoms with Crippen LogP contribution in [0.3, 0.4) is 0 Å². The Morgan fingerprint density at radius 2 is 2.19 bits per heavy atom. The Balaban J connectivity index is 3.17. The topological polar surface area (TPSA) is 59.3 Å². The van der Waals surface area contributed by atoms with Gasteiger partial charge in [-0.1, -0.05) is 6.07 Å². The van der Waals surface area contributed by atoms with Gasteiger partial charge in [-0.15, -0.1) is 0 Å². The van der Waals surface area contributed by atoms with E-state index >= 15 is 0 Å². The zero-order valence-electron chi connectivity index (χ0n) is 8.91. The van der Waals surface area contributed by atoms with Crippen molar-refractivity contribution >= 4 is 21.9 Å². The fourth-order valence-electron chi connectivity index (χ4n) is 1.25. The first-order chi connectivity index (χ1) is 7.63. The number of rotatable bonds is 3. The summed E-state index contributed by atoms with van der Waals surface area (Å²) in [6.07, 6.45) is 0.0714. The highest BCUT2D eigenvalue weighted by Crippen LogP contribution is 2.30. The summed E-state index contributed by atoms with van der Waals surface area (Å²) in [7, 11) is 2.83. The smallest absolute Gasteiger partial charge is 0.310 e. The van der Waals surface area contributed by atoms with Gasteiger partial charge in [-0.05, 0) is 27.6 Å². The van der Waals surface area contributed by atoms with Crippen molar-refractivity contribution in [1.29, 1.82) is 5.26 Å². The van der Waals surface area contributed by atoms with Crippen molar-refractivity contribution in [2.24, 2.45) is 0 Å². The van der Waals surface area contributed by atoms with Crippen molar-refractivity contribution in [1.82, 2.24) is 0 Å². The molecule has 0 atom stereocenters. The van der Waals surface area contributed by atoms with E-state index in [2.05, 4.69) is 20.7 Å². The highest BCUT2D eigenvalue weighted by Gasteiger charge is 2.14. The molecule has 0 radical (unpaired) electrons. The van der Waals surface area contributed by atoms with Crippen LogP contribution in [0.5, 0.6) is 5.75 Å². The SMILES string of the molecule is COC(=O)Cc1ccc(OC)c(Br)c1C#N. The van der Waals surface area contributed by atoms with Gasteiger partial charge < -0.3 is 9.47 Å². The van der Waals surface area contributed by atoms with Gasteiger partial charge in [0.1, 0.15) is 11.8 Å². The third-order valence-electron chi connectivity index (χ3n) is 2.09. The highest BCUT2D eigenvalue weighted by atomic mass is 79.9. The van der Waals surface area contributed by atoms with Crippen LogP contribution in [-0.4, -0.2) is 20.2 Å². The molecule has 16 heavy (non-hydrogen) atoms. The number of hydrogen-bond acceptors (Lipinski definition) is 4. The van der Waals surface area contributed by atoms with Crippen molar-refractivity contribution in [2.45, 2.75) is 6.42 Å². The third-order valence-corrected chi connectivity index (χ3v) is 2.87. The molecule has 0 unspecified atom stereocenters. The lowest BCUT2D eigenvalue weighted by Gasteiger charge is -2.08. The fraction of sp³-hybridized carbons (Fsp3) is 0.273. The Hall–Kier alpha value is -1.54. The van der Waals surface area contributed by atoms with Crippen LogP contribution in [-0.2, 0) is 16.0 Å². The van der Waals surface area contributed by atoms with Crippen LogP contribution in [0, 0.1) is 11.3 Å². The molecule has 1 aromatic carbocycles. The van der Waals surface area contributed by atoms with Gasteiger partial charge in [-0.2, -0.15) is 5.26 Å². The summed E-state index contributed by atoms with van der Waals surface area (Å²) in [6.45, 7) is 0. The predicted molar refractivity (Wildman–Crippen MR) is 61.1 cm³/mol. The minimum atomic E-state index is -0.381. The molecule has 0 fully saturated rings. The lowest BCUT2D eigenvalue weighted by atomic mass is 10.1. The number of benzene rings is 1. The number of halogens is 1. The number of hydrogen-bond donors (Lipinski definition) is 0. The summed E-state index contributed by atoms with van der Waals surface area (Å²) in [5.74, 6) is 0.179. The average molecular weight is 284 g/mol. The predicted octanol–water partition coefficient (Wildman–Crippen LogP) is 2.04. The monoisotopic (exact) mass is 283 g/mol. The first-order valence-electron chi connectivity index (χ1n) is 4.46. The quantitative estimate of drug-likeness (QED) is 0.797. The van der Waals surface area contributed by atoms with Crippen LogP contribution in [0.1, 0.15) is 11.1 Å². The molecule has 0 amide bonds. The first-order valence-corrected chi connectivity index (χ1v) is 5.25. The second-order valence-electron chi connectivity index (χ2n) is 2.98. The van der Waals surface area contributed by atoms with E-state index < -0.39 is 0 Å². The van der Waals surface area contributed by atoms with Crippen molar-refractivity contribution in [3.8, 4) is 11.8 Å². The fourth-order valence-corrected chi connectivity index (χ4v) is 1.89. The molecule has 0 bridgehead atoms. The first kappa shape index (κ1) is 12.5. The molecular weight excluding hydrogens is 274 g/mol. The van der Waals surface area contributed by atoms with Crippen molar-refractivity contribution < 1.29 is 14.3 Å². The van der Waals surface area contributed by atoms with Gasteiger partial charge in [0.25, 0.3) is 0 Å². The van der Waals surface area contributed by atoms with Gasteiger partial charge >= 0.3 is 5.97 Å². The van der Waals surface area contributed by atoms with E-state index in [-0.39, 0.29) is 12.4 Å². The maximum absolute atomic E-state index is 11.1. The third kappa shape index (κ3) is 2.52.